The van der Waals surface area contributed by atoms with Crippen molar-refractivity contribution in [1.29, 1.82) is 0 Å². The molecule has 0 nitrogen and oxygen atoms in total. The maximum absolute atomic E-state index is 2.39. The van der Waals surface area contributed by atoms with Gasteiger partial charge in [0.15, 0.2) is 0 Å². The number of benzene rings is 8. The average Bonchev–Trinajstić information content (AvgIpc) is 3.04. The average molecular weight is 507 g/mol. The van der Waals surface area contributed by atoms with E-state index in [1.54, 1.807) is 0 Å². The van der Waals surface area contributed by atoms with Crippen molar-refractivity contribution >= 4 is 43.1 Å². The van der Waals surface area contributed by atoms with Crippen LogP contribution in [-0.4, -0.2) is 0 Å². The molecule has 0 heteroatoms. The van der Waals surface area contributed by atoms with Crippen molar-refractivity contribution in [2.75, 3.05) is 0 Å². The maximum atomic E-state index is 2.39. The molecule has 0 bridgehead atoms. The Kier molecular flexibility index (Phi) is 5.24. The second kappa shape index (κ2) is 9.22. The lowest BCUT2D eigenvalue weighted by Gasteiger charge is -2.19. The zero-order valence-corrected chi connectivity index (χ0v) is 22.0. The molecule has 0 saturated heterocycles. The summed E-state index contributed by atoms with van der Waals surface area (Å²) < 4.78 is 0. The smallest absolute Gasteiger partial charge is 0.00199 e. The quantitative estimate of drug-likeness (QED) is 0.165. The van der Waals surface area contributed by atoms with E-state index in [4.69, 9.17) is 0 Å². The molecule has 0 aliphatic carbocycles. The van der Waals surface area contributed by atoms with Gasteiger partial charge in [0, 0.05) is 0 Å². The molecular weight excluding hydrogens is 480 g/mol. The van der Waals surface area contributed by atoms with Gasteiger partial charge in [-0.3, -0.25) is 0 Å². The van der Waals surface area contributed by atoms with Gasteiger partial charge in [-0.15, -0.1) is 0 Å². The molecule has 40 heavy (non-hydrogen) atoms. The molecule has 0 radical (unpaired) electrons. The van der Waals surface area contributed by atoms with Gasteiger partial charge in [-0.25, -0.2) is 0 Å². The standard InChI is InChI=1S/C40H26/c1-2-12-27(13-3-1)28-22-24-29(25-23-28)39-34-18-8-10-20-36(34)40(37-21-11-9-19-35(37)39)38-26-30-14-4-5-15-31(30)32-16-6-7-17-33(32)38/h1-26H. The Morgan fingerprint density at radius 1 is 0.250 bits per heavy atom. The molecule has 0 aromatic heterocycles. The Labute approximate surface area is 233 Å². The van der Waals surface area contributed by atoms with Crippen molar-refractivity contribution in [2.45, 2.75) is 0 Å². The van der Waals surface area contributed by atoms with E-state index in [1.165, 1.54) is 76.5 Å². The van der Waals surface area contributed by atoms with Crippen LogP contribution in [0.3, 0.4) is 0 Å². The van der Waals surface area contributed by atoms with Crippen LogP contribution in [0.15, 0.2) is 158 Å². The molecule has 0 saturated carbocycles. The largest absolute Gasteiger partial charge is 0.0622 e. The number of rotatable bonds is 3. The molecule has 0 aliphatic rings. The van der Waals surface area contributed by atoms with E-state index in [1.807, 2.05) is 0 Å². The third-order valence-corrected chi connectivity index (χ3v) is 8.25. The van der Waals surface area contributed by atoms with E-state index in [9.17, 15) is 0 Å². The van der Waals surface area contributed by atoms with Crippen LogP contribution in [0.5, 0.6) is 0 Å². The zero-order chi connectivity index (χ0) is 26.5. The van der Waals surface area contributed by atoms with Crippen molar-refractivity contribution < 1.29 is 0 Å². The van der Waals surface area contributed by atoms with Gasteiger partial charge in [-0.2, -0.15) is 0 Å². The molecule has 0 unspecified atom stereocenters. The van der Waals surface area contributed by atoms with Crippen LogP contribution >= 0.6 is 0 Å². The predicted molar refractivity (Wildman–Crippen MR) is 173 cm³/mol. The van der Waals surface area contributed by atoms with E-state index in [0.29, 0.717) is 0 Å². The highest BCUT2D eigenvalue weighted by molar-refractivity contribution is 6.25. The van der Waals surface area contributed by atoms with E-state index < -0.39 is 0 Å². The van der Waals surface area contributed by atoms with Gasteiger partial charge in [0.25, 0.3) is 0 Å². The fourth-order valence-electron chi connectivity index (χ4n) is 6.45. The number of hydrogen-bond donors (Lipinski definition) is 0. The molecular formula is C40H26. The van der Waals surface area contributed by atoms with Crippen LogP contribution in [-0.2, 0) is 0 Å². The third-order valence-electron chi connectivity index (χ3n) is 8.25. The van der Waals surface area contributed by atoms with Crippen molar-refractivity contribution in [1.82, 2.24) is 0 Å². The molecule has 0 N–H and O–H groups in total. The number of hydrogen-bond acceptors (Lipinski definition) is 0. The Morgan fingerprint density at radius 2 is 0.675 bits per heavy atom. The van der Waals surface area contributed by atoms with E-state index in [2.05, 4.69) is 158 Å². The van der Waals surface area contributed by atoms with Crippen LogP contribution < -0.4 is 0 Å². The first-order valence-electron chi connectivity index (χ1n) is 13.9. The van der Waals surface area contributed by atoms with Gasteiger partial charge in [-0.1, -0.05) is 152 Å². The highest BCUT2D eigenvalue weighted by Gasteiger charge is 2.18. The van der Waals surface area contributed by atoms with Crippen LogP contribution in [0.2, 0.25) is 0 Å². The molecule has 0 fully saturated rings. The minimum atomic E-state index is 1.23. The summed E-state index contributed by atoms with van der Waals surface area (Å²) in [6.45, 7) is 0. The molecule has 186 valence electrons. The zero-order valence-electron chi connectivity index (χ0n) is 22.0. The van der Waals surface area contributed by atoms with Gasteiger partial charge < -0.3 is 0 Å². The summed E-state index contributed by atoms with van der Waals surface area (Å²) in [4.78, 5) is 0. The summed E-state index contributed by atoms with van der Waals surface area (Å²) in [6, 6.07) is 57.5. The lowest BCUT2D eigenvalue weighted by molar-refractivity contribution is 1.61. The first-order chi connectivity index (χ1) is 19.9. The molecule has 8 rings (SSSR count). The minimum absolute atomic E-state index is 1.23. The Hall–Kier alpha value is -5.20. The fraction of sp³-hybridized carbons (Fsp3) is 0. The summed E-state index contributed by atoms with van der Waals surface area (Å²) in [5.74, 6) is 0. The highest BCUT2D eigenvalue weighted by Crippen LogP contribution is 2.46. The molecule has 0 atom stereocenters. The molecule has 8 aromatic rings. The van der Waals surface area contributed by atoms with Gasteiger partial charge in [0.05, 0.1) is 0 Å². The van der Waals surface area contributed by atoms with Gasteiger partial charge in [0.2, 0.25) is 0 Å². The second-order valence-electron chi connectivity index (χ2n) is 10.5. The fourth-order valence-corrected chi connectivity index (χ4v) is 6.45. The third kappa shape index (κ3) is 3.54. The van der Waals surface area contributed by atoms with Gasteiger partial charge >= 0.3 is 0 Å². The van der Waals surface area contributed by atoms with E-state index in [-0.39, 0.29) is 0 Å². The monoisotopic (exact) mass is 506 g/mol. The normalized spacial score (nSPS) is 11.5. The summed E-state index contributed by atoms with van der Waals surface area (Å²) in [5.41, 5.74) is 7.59. The molecule has 8 aromatic carbocycles. The summed E-state index contributed by atoms with van der Waals surface area (Å²) in [5, 5.41) is 10.3. The topological polar surface area (TPSA) is 0 Å². The molecule has 0 amide bonds. The highest BCUT2D eigenvalue weighted by atomic mass is 14.2. The van der Waals surface area contributed by atoms with Crippen LogP contribution in [0.4, 0.5) is 0 Å². The van der Waals surface area contributed by atoms with Gasteiger partial charge in [-0.05, 0) is 82.5 Å². The first kappa shape index (κ1) is 22.8. The second-order valence-corrected chi connectivity index (χ2v) is 10.5. The van der Waals surface area contributed by atoms with Crippen molar-refractivity contribution in [2.24, 2.45) is 0 Å². The number of fused-ring (bicyclic) bond motifs is 5. The van der Waals surface area contributed by atoms with E-state index in [0.717, 1.165) is 0 Å². The lowest BCUT2D eigenvalue weighted by atomic mass is 9.83. The Morgan fingerprint density at radius 3 is 1.30 bits per heavy atom. The summed E-state index contributed by atoms with van der Waals surface area (Å²) in [6.07, 6.45) is 0. The lowest BCUT2D eigenvalue weighted by Crippen LogP contribution is -1.92. The van der Waals surface area contributed by atoms with Crippen molar-refractivity contribution in [3.05, 3.63) is 158 Å². The SMILES string of the molecule is c1ccc(-c2ccc(-c3c4ccccc4c(-c4cc5ccccc5c5ccccc45)c4ccccc34)cc2)cc1. The van der Waals surface area contributed by atoms with Crippen molar-refractivity contribution in [3.8, 4) is 33.4 Å². The maximum Gasteiger partial charge on any atom is -0.00199 e. The van der Waals surface area contributed by atoms with Crippen LogP contribution in [0.1, 0.15) is 0 Å². The Bertz CT molecular complexity index is 2130. The Balaban J connectivity index is 1.46. The first-order valence-corrected chi connectivity index (χ1v) is 13.9. The van der Waals surface area contributed by atoms with Crippen LogP contribution in [0, 0.1) is 0 Å². The van der Waals surface area contributed by atoms with Gasteiger partial charge in [0.1, 0.15) is 0 Å². The summed E-state index contributed by atoms with van der Waals surface area (Å²) >= 11 is 0. The van der Waals surface area contributed by atoms with Crippen molar-refractivity contribution in [3.63, 3.8) is 0 Å². The van der Waals surface area contributed by atoms with Crippen LogP contribution in [0.25, 0.3) is 76.5 Å². The van der Waals surface area contributed by atoms with E-state index >= 15 is 0 Å². The molecule has 0 spiro atoms. The predicted octanol–water partition coefficient (Wildman–Crippen LogP) is 11.3. The molecule has 0 heterocycles. The summed E-state index contributed by atoms with van der Waals surface area (Å²) in [7, 11) is 0. The molecule has 0 aliphatic heterocycles. The minimum Gasteiger partial charge on any atom is -0.0622 e.